The number of rotatable bonds is 7. The van der Waals surface area contributed by atoms with Gasteiger partial charge in [0.2, 0.25) is 0 Å². The third-order valence-corrected chi connectivity index (χ3v) is 5.17. The van der Waals surface area contributed by atoms with Crippen LogP contribution in [0.25, 0.3) is 5.69 Å². The molecule has 7 nitrogen and oxygen atoms in total. The first-order chi connectivity index (χ1) is 13.5. The number of carbonyl (C=O) groups is 2. The van der Waals surface area contributed by atoms with Gasteiger partial charge in [0.15, 0.2) is 0 Å². The van der Waals surface area contributed by atoms with Crippen molar-refractivity contribution in [2.75, 3.05) is 13.2 Å². The van der Waals surface area contributed by atoms with E-state index in [4.69, 9.17) is 9.84 Å². The number of carbonyl (C=O) groups excluding carboxylic acids is 1. The third-order valence-electron chi connectivity index (χ3n) is 5.17. The summed E-state index contributed by atoms with van der Waals surface area (Å²) in [5.41, 5.74) is 4.14. The summed E-state index contributed by atoms with van der Waals surface area (Å²) in [6, 6.07) is 7.26. The van der Waals surface area contributed by atoms with Crippen molar-refractivity contribution in [3.05, 3.63) is 46.8 Å². The number of hydrogen-bond donors (Lipinski definition) is 2. The molecule has 0 bridgehead atoms. The fraction of sp³-hybridized carbons (Fsp3) is 0.476. The summed E-state index contributed by atoms with van der Waals surface area (Å²) in [5, 5.41) is 16.4. The number of aromatic nitrogens is 2. The minimum absolute atomic E-state index is 0.0805. The van der Waals surface area contributed by atoms with Crippen molar-refractivity contribution < 1.29 is 19.4 Å². The number of amides is 1. The highest BCUT2D eigenvalue weighted by Crippen LogP contribution is 2.20. The molecule has 3 rings (SSSR count). The predicted octanol–water partition coefficient (Wildman–Crippen LogP) is 2.81. The summed E-state index contributed by atoms with van der Waals surface area (Å²) in [6.45, 7) is 5.12. The smallest absolute Gasteiger partial charge is 0.303 e. The van der Waals surface area contributed by atoms with Gasteiger partial charge in [-0.05, 0) is 69.4 Å². The molecule has 1 aliphatic rings. The number of nitrogens with zero attached hydrogens (tertiary/aromatic N) is 2. The molecule has 7 heteroatoms. The average Bonchev–Trinajstić information content (AvgIpc) is 2.99. The van der Waals surface area contributed by atoms with Crippen molar-refractivity contribution in [2.45, 2.75) is 52.1 Å². The Balaban J connectivity index is 1.66. The second kappa shape index (κ2) is 9.01. The molecule has 1 fully saturated rings. The maximum absolute atomic E-state index is 12.4. The number of ether oxygens (including phenoxy) is 1. The highest BCUT2D eigenvalue weighted by molar-refractivity contribution is 5.94. The number of carboxylic acids is 1. The van der Waals surface area contributed by atoms with Crippen molar-refractivity contribution in [3.8, 4) is 5.69 Å². The number of benzene rings is 1. The van der Waals surface area contributed by atoms with E-state index in [1.165, 1.54) is 0 Å². The van der Waals surface area contributed by atoms with Crippen LogP contribution in [-0.4, -0.2) is 46.0 Å². The lowest BCUT2D eigenvalue weighted by molar-refractivity contribution is -0.136. The zero-order valence-corrected chi connectivity index (χ0v) is 16.4. The van der Waals surface area contributed by atoms with Gasteiger partial charge in [-0.1, -0.05) is 0 Å². The van der Waals surface area contributed by atoms with E-state index in [-0.39, 0.29) is 18.4 Å². The largest absolute Gasteiger partial charge is 0.481 e. The van der Waals surface area contributed by atoms with Gasteiger partial charge >= 0.3 is 5.97 Å². The van der Waals surface area contributed by atoms with Crippen LogP contribution in [0, 0.1) is 13.8 Å². The van der Waals surface area contributed by atoms with Gasteiger partial charge in [0.05, 0.1) is 17.5 Å². The first-order valence-corrected chi connectivity index (χ1v) is 9.73. The Kier molecular flexibility index (Phi) is 6.46. The highest BCUT2D eigenvalue weighted by Gasteiger charge is 2.16. The van der Waals surface area contributed by atoms with Gasteiger partial charge < -0.3 is 15.2 Å². The average molecular weight is 385 g/mol. The Morgan fingerprint density at radius 1 is 1.25 bits per heavy atom. The van der Waals surface area contributed by atoms with E-state index in [1.54, 1.807) is 16.8 Å². The van der Waals surface area contributed by atoms with Crippen LogP contribution in [0.3, 0.4) is 0 Å². The lowest BCUT2D eigenvalue weighted by Crippen LogP contribution is -2.35. The van der Waals surface area contributed by atoms with Crippen LogP contribution in [-0.2, 0) is 16.0 Å². The normalized spacial score (nSPS) is 16.7. The lowest BCUT2D eigenvalue weighted by Gasteiger charge is -2.22. The maximum Gasteiger partial charge on any atom is 0.303 e. The lowest BCUT2D eigenvalue weighted by atomic mass is 10.1. The topological polar surface area (TPSA) is 93.5 Å². The standard InChI is InChI=1S/C21H27N3O4/c1-14-19(10-11-20(25)26)15(2)24(23-14)17-8-6-16(7-9-17)21(27)22-13-18-5-3-4-12-28-18/h6-9,18H,3-5,10-13H2,1-2H3,(H,22,27)(H,25,26). The number of hydrogen-bond acceptors (Lipinski definition) is 4. The number of aliphatic carboxylic acids is 1. The molecule has 2 aromatic rings. The Bertz CT molecular complexity index is 836. The first kappa shape index (κ1) is 20.1. The molecule has 1 aromatic carbocycles. The zero-order valence-electron chi connectivity index (χ0n) is 16.4. The highest BCUT2D eigenvalue weighted by atomic mass is 16.5. The zero-order chi connectivity index (χ0) is 20.1. The quantitative estimate of drug-likeness (QED) is 0.764. The van der Waals surface area contributed by atoms with Gasteiger partial charge in [-0.15, -0.1) is 0 Å². The number of carboxylic acid groups (broad SMARTS) is 1. The van der Waals surface area contributed by atoms with E-state index in [2.05, 4.69) is 10.4 Å². The van der Waals surface area contributed by atoms with Gasteiger partial charge in [0.25, 0.3) is 5.91 Å². The number of aryl methyl sites for hydroxylation is 1. The Hall–Kier alpha value is -2.67. The van der Waals surface area contributed by atoms with Gasteiger partial charge in [-0.2, -0.15) is 5.10 Å². The predicted molar refractivity (Wildman–Crippen MR) is 105 cm³/mol. The van der Waals surface area contributed by atoms with Crippen molar-refractivity contribution in [1.29, 1.82) is 0 Å². The molecular weight excluding hydrogens is 358 g/mol. The molecule has 0 saturated carbocycles. The van der Waals surface area contributed by atoms with Crippen LogP contribution < -0.4 is 5.32 Å². The van der Waals surface area contributed by atoms with Crippen molar-refractivity contribution in [2.24, 2.45) is 0 Å². The van der Waals surface area contributed by atoms with Gasteiger partial charge in [-0.25, -0.2) is 4.68 Å². The molecule has 1 atom stereocenters. The van der Waals surface area contributed by atoms with E-state index in [0.29, 0.717) is 18.5 Å². The molecule has 1 unspecified atom stereocenters. The van der Waals surface area contributed by atoms with Crippen molar-refractivity contribution in [3.63, 3.8) is 0 Å². The molecule has 28 heavy (non-hydrogen) atoms. The molecule has 0 aliphatic carbocycles. The van der Waals surface area contributed by atoms with Crippen LogP contribution in [0.5, 0.6) is 0 Å². The van der Waals surface area contributed by atoms with E-state index >= 15 is 0 Å². The molecule has 0 spiro atoms. The molecule has 1 aliphatic heterocycles. The maximum atomic E-state index is 12.4. The van der Waals surface area contributed by atoms with E-state index in [9.17, 15) is 9.59 Å². The number of nitrogens with one attached hydrogen (secondary N) is 1. The second-order valence-corrected chi connectivity index (χ2v) is 7.20. The molecule has 2 N–H and O–H groups in total. The minimum atomic E-state index is -0.819. The third kappa shape index (κ3) is 4.78. The van der Waals surface area contributed by atoms with E-state index in [1.807, 2.05) is 26.0 Å². The summed E-state index contributed by atoms with van der Waals surface area (Å²) in [7, 11) is 0. The monoisotopic (exact) mass is 385 g/mol. The summed E-state index contributed by atoms with van der Waals surface area (Å²) in [5.74, 6) is -0.934. The van der Waals surface area contributed by atoms with Gasteiger partial charge in [0, 0.05) is 30.8 Å². The van der Waals surface area contributed by atoms with Crippen molar-refractivity contribution in [1.82, 2.24) is 15.1 Å². The van der Waals surface area contributed by atoms with E-state index < -0.39 is 5.97 Å². The Labute approximate surface area is 164 Å². The molecule has 0 radical (unpaired) electrons. The molecule has 1 amide bonds. The molecule has 150 valence electrons. The van der Waals surface area contributed by atoms with E-state index in [0.717, 1.165) is 48.5 Å². The Morgan fingerprint density at radius 2 is 2.00 bits per heavy atom. The summed E-state index contributed by atoms with van der Waals surface area (Å²) in [6.07, 6.45) is 3.87. The van der Waals surface area contributed by atoms with Crippen LogP contribution in [0.1, 0.15) is 53.0 Å². The van der Waals surface area contributed by atoms with Crippen LogP contribution in [0.2, 0.25) is 0 Å². The summed E-state index contributed by atoms with van der Waals surface area (Å²) in [4.78, 5) is 23.2. The summed E-state index contributed by atoms with van der Waals surface area (Å²) < 4.78 is 7.44. The Morgan fingerprint density at radius 3 is 2.64 bits per heavy atom. The fourth-order valence-corrected chi connectivity index (χ4v) is 3.55. The minimum Gasteiger partial charge on any atom is -0.481 e. The van der Waals surface area contributed by atoms with Crippen LogP contribution in [0.4, 0.5) is 0 Å². The molecular formula is C21H27N3O4. The SMILES string of the molecule is Cc1nn(-c2ccc(C(=O)NCC3CCCCO3)cc2)c(C)c1CCC(=O)O. The summed E-state index contributed by atoms with van der Waals surface area (Å²) >= 11 is 0. The molecule has 1 saturated heterocycles. The van der Waals surface area contributed by atoms with Gasteiger partial charge in [0.1, 0.15) is 0 Å². The first-order valence-electron chi connectivity index (χ1n) is 9.73. The van der Waals surface area contributed by atoms with Gasteiger partial charge in [-0.3, -0.25) is 9.59 Å². The fourth-order valence-electron chi connectivity index (χ4n) is 3.55. The van der Waals surface area contributed by atoms with Crippen LogP contribution in [0.15, 0.2) is 24.3 Å². The van der Waals surface area contributed by atoms with Crippen LogP contribution >= 0.6 is 0 Å². The second-order valence-electron chi connectivity index (χ2n) is 7.20. The van der Waals surface area contributed by atoms with Crippen molar-refractivity contribution >= 4 is 11.9 Å². The molecule has 1 aromatic heterocycles. The molecule has 2 heterocycles.